The van der Waals surface area contributed by atoms with E-state index in [2.05, 4.69) is 10.2 Å². The summed E-state index contributed by atoms with van der Waals surface area (Å²) < 4.78 is 10.4. The molecule has 4 rings (SSSR count). The van der Waals surface area contributed by atoms with Crippen LogP contribution in [0.5, 0.6) is 5.75 Å². The van der Waals surface area contributed by atoms with Gasteiger partial charge in [-0.05, 0) is 48.7 Å². The molecule has 0 atom stereocenters. The number of H-pyrrole nitrogens is 1. The van der Waals surface area contributed by atoms with Crippen LogP contribution < -0.4 is 4.74 Å². The first-order valence-electron chi connectivity index (χ1n) is 9.94. The number of halogens is 1. The molecule has 0 radical (unpaired) electrons. The van der Waals surface area contributed by atoms with Crippen molar-refractivity contribution in [2.45, 2.75) is 25.4 Å². The molecule has 1 aliphatic carbocycles. The molecule has 8 heteroatoms. The molecule has 3 aromatic rings. The number of amides is 1. The van der Waals surface area contributed by atoms with Crippen molar-refractivity contribution in [1.82, 2.24) is 15.1 Å². The molecule has 1 N–H and O–H groups in total. The first kappa shape index (κ1) is 20.9. The Morgan fingerprint density at radius 2 is 1.84 bits per heavy atom. The van der Waals surface area contributed by atoms with Gasteiger partial charge in [0.15, 0.2) is 6.61 Å². The Labute approximate surface area is 184 Å². The fourth-order valence-corrected chi connectivity index (χ4v) is 3.34. The van der Waals surface area contributed by atoms with Crippen LogP contribution in [0.4, 0.5) is 0 Å². The second-order valence-electron chi connectivity index (χ2n) is 7.35. The zero-order valence-electron chi connectivity index (χ0n) is 17.0. The highest BCUT2D eigenvalue weighted by Crippen LogP contribution is 2.29. The van der Waals surface area contributed by atoms with Crippen molar-refractivity contribution in [3.05, 3.63) is 70.9 Å². The van der Waals surface area contributed by atoms with Crippen molar-refractivity contribution in [3.8, 4) is 17.0 Å². The number of carbonyl (C=O) groups is 2. The molecule has 2 aromatic carbocycles. The highest BCUT2D eigenvalue weighted by atomic mass is 35.5. The van der Waals surface area contributed by atoms with Gasteiger partial charge < -0.3 is 14.4 Å². The van der Waals surface area contributed by atoms with Crippen molar-refractivity contribution in [2.75, 3.05) is 13.7 Å². The Morgan fingerprint density at radius 3 is 2.48 bits per heavy atom. The molecule has 1 aliphatic rings. The summed E-state index contributed by atoms with van der Waals surface area (Å²) in [6.07, 6.45) is 1.92. The fourth-order valence-electron chi connectivity index (χ4n) is 3.22. The van der Waals surface area contributed by atoms with Crippen molar-refractivity contribution < 1.29 is 19.1 Å². The highest BCUT2D eigenvalue weighted by Gasteiger charge is 2.33. The number of rotatable bonds is 8. The van der Waals surface area contributed by atoms with Gasteiger partial charge in [0.25, 0.3) is 5.91 Å². The maximum Gasteiger partial charge on any atom is 0.356 e. The summed E-state index contributed by atoms with van der Waals surface area (Å²) in [5.74, 6) is -0.0788. The minimum absolute atomic E-state index is 0.186. The van der Waals surface area contributed by atoms with Crippen LogP contribution in [0.25, 0.3) is 11.3 Å². The smallest absolute Gasteiger partial charge is 0.356 e. The second kappa shape index (κ2) is 9.22. The summed E-state index contributed by atoms with van der Waals surface area (Å²) in [6, 6.07) is 16.5. The summed E-state index contributed by atoms with van der Waals surface area (Å²) in [4.78, 5) is 26.9. The van der Waals surface area contributed by atoms with Crippen LogP contribution in [0, 0.1) is 0 Å². The average molecular weight is 440 g/mol. The zero-order valence-corrected chi connectivity index (χ0v) is 17.8. The molecular weight excluding hydrogens is 418 g/mol. The molecule has 7 nitrogen and oxygen atoms in total. The van der Waals surface area contributed by atoms with Crippen LogP contribution in [0.15, 0.2) is 54.6 Å². The third kappa shape index (κ3) is 5.24. The van der Waals surface area contributed by atoms with Gasteiger partial charge in [0, 0.05) is 23.2 Å². The van der Waals surface area contributed by atoms with E-state index in [4.69, 9.17) is 21.1 Å². The molecule has 0 unspecified atom stereocenters. The van der Waals surface area contributed by atoms with Crippen molar-refractivity contribution in [3.63, 3.8) is 0 Å². The lowest BCUT2D eigenvalue weighted by molar-refractivity contribution is -0.135. The van der Waals surface area contributed by atoms with Gasteiger partial charge >= 0.3 is 5.97 Å². The van der Waals surface area contributed by atoms with Gasteiger partial charge in [0.1, 0.15) is 11.4 Å². The Morgan fingerprint density at radius 1 is 1.13 bits per heavy atom. The van der Waals surface area contributed by atoms with E-state index in [1.165, 1.54) is 0 Å². The summed E-state index contributed by atoms with van der Waals surface area (Å²) in [7, 11) is 1.61. The number of methoxy groups -OCH3 is 1. The number of benzene rings is 2. The summed E-state index contributed by atoms with van der Waals surface area (Å²) in [6.45, 7) is 0.149. The van der Waals surface area contributed by atoms with Gasteiger partial charge in [-0.25, -0.2) is 4.79 Å². The molecule has 1 saturated carbocycles. The lowest BCUT2D eigenvalue weighted by atomic mass is 10.1. The number of aromatic amines is 1. The summed E-state index contributed by atoms with van der Waals surface area (Å²) in [5.41, 5.74) is 2.59. The van der Waals surface area contributed by atoms with Crippen LogP contribution in [-0.2, 0) is 16.1 Å². The highest BCUT2D eigenvalue weighted by molar-refractivity contribution is 6.30. The number of ether oxygens (including phenoxy) is 2. The Balaban J connectivity index is 1.35. The van der Waals surface area contributed by atoms with Crippen LogP contribution in [0.3, 0.4) is 0 Å². The number of hydrogen-bond acceptors (Lipinski definition) is 5. The number of esters is 1. The van der Waals surface area contributed by atoms with Crippen molar-refractivity contribution >= 4 is 23.5 Å². The second-order valence-corrected chi connectivity index (χ2v) is 7.79. The average Bonchev–Trinajstić information content (AvgIpc) is 3.51. The van der Waals surface area contributed by atoms with E-state index in [-0.39, 0.29) is 24.2 Å². The molecule has 1 heterocycles. The normalized spacial score (nSPS) is 13.0. The number of hydrogen-bond donors (Lipinski definition) is 1. The molecule has 0 bridgehead atoms. The molecule has 1 aromatic heterocycles. The summed E-state index contributed by atoms with van der Waals surface area (Å²) in [5, 5.41) is 7.41. The molecule has 0 saturated heterocycles. The largest absolute Gasteiger partial charge is 0.497 e. The van der Waals surface area contributed by atoms with E-state index < -0.39 is 5.97 Å². The Kier molecular flexibility index (Phi) is 6.23. The maximum absolute atomic E-state index is 12.7. The van der Waals surface area contributed by atoms with Crippen molar-refractivity contribution in [1.29, 1.82) is 0 Å². The van der Waals surface area contributed by atoms with Gasteiger partial charge in [0.2, 0.25) is 0 Å². The lowest BCUT2D eigenvalue weighted by Crippen LogP contribution is -2.36. The standard InChI is InChI=1S/C23H22ClN3O4/c1-30-19-10-2-15(3-11-19)13-27(18-8-9-18)22(28)14-31-23(29)21-12-20(25-26-21)16-4-6-17(24)7-5-16/h2-7,10-12,18H,8-9,13-14H2,1H3,(H,25,26). The number of carbonyl (C=O) groups excluding carboxylic acids is 2. The number of nitrogens with zero attached hydrogens (tertiary/aromatic N) is 2. The molecule has 0 spiro atoms. The van der Waals surface area contributed by atoms with E-state index in [1.54, 1.807) is 30.2 Å². The van der Waals surface area contributed by atoms with Gasteiger partial charge in [-0.15, -0.1) is 0 Å². The number of aromatic nitrogens is 2. The van der Waals surface area contributed by atoms with E-state index in [0.717, 1.165) is 29.7 Å². The fraction of sp³-hybridized carbons (Fsp3) is 0.261. The first-order chi connectivity index (χ1) is 15.0. The lowest BCUT2D eigenvalue weighted by Gasteiger charge is -2.22. The first-order valence-corrected chi connectivity index (χ1v) is 10.3. The molecule has 160 valence electrons. The van der Waals surface area contributed by atoms with Crippen LogP contribution in [0.1, 0.15) is 28.9 Å². The third-order valence-corrected chi connectivity index (χ3v) is 5.34. The molecule has 0 aliphatic heterocycles. The quantitative estimate of drug-likeness (QED) is 0.534. The number of nitrogens with one attached hydrogen (secondary N) is 1. The maximum atomic E-state index is 12.7. The van der Waals surface area contributed by atoms with E-state index in [0.29, 0.717) is 17.3 Å². The molecular formula is C23H22ClN3O4. The van der Waals surface area contributed by atoms with Gasteiger partial charge in [-0.2, -0.15) is 5.10 Å². The van der Waals surface area contributed by atoms with Gasteiger partial charge in [-0.1, -0.05) is 35.9 Å². The third-order valence-electron chi connectivity index (χ3n) is 5.08. The van der Waals surface area contributed by atoms with E-state index in [9.17, 15) is 9.59 Å². The van der Waals surface area contributed by atoms with E-state index in [1.807, 2.05) is 36.4 Å². The van der Waals surface area contributed by atoms with Crippen LogP contribution in [-0.4, -0.2) is 46.7 Å². The van der Waals surface area contributed by atoms with Crippen LogP contribution in [0.2, 0.25) is 5.02 Å². The minimum atomic E-state index is -0.624. The van der Waals surface area contributed by atoms with Gasteiger partial charge in [-0.3, -0.25) is 9.89 Å². The van der Waals surface area contributed by atoms with Gasteiger partial charge in [0.05, 0.1) is 12.8 Å². The van der Waals surface area contributed by atoms with Crippen molar-refractivity contribution in [2.24, 2.45) is 0 Å². The molecule has 31 heavy (non-hydrogen) atoms. The van der Waals surface area contributed by atoms with E-state index >= 15 is 0 Å². The monoisotopic (exact) mass is 439 g/mol. The topological polar surface area (TPSA) is 84.5 Å². The molecule has 1 amide bonds. The van der Waals surface area contributed by atoms with Crippen LogP contribution >= 0.6 is 11.6 Å². The predicted octanol–water partition coefficient (Wildman–Crippen LogP) is 4.09. The SMILES string of the molecule is COc1ccc(CN(C(=O)COC(=O)c2cc(-c3ccc(Cl)cc3)n[nH]2)C2CC2)cc1. The minimum Gasteiger partial charge on any atom is -0.497 e. The Hall–Kier alpha value is -3.32. The Bertz CT molecular complexity index is 1060. The summed E-state index contributed by atoms with van der Waals surface area (Å²) >= 11 is 5.90. The molecule has 1 fully saturated rings. The zero-order chi connectivity index (χ0) is 21.8. The predicted molar refractivity (Wildman–Crippen MR) is 116 cm³/mol.